The zero-order valence-electron chi connectivity index (χ0n) is 10.5. The van der Waals surface area contributed by atoms with Gasteiger partial charge in [0.15, 0.2) is 0 Å². The minimum absolute atomic E-state index is 0.0258. The standard InChI is InChI=1S/C13H19ClN2OS/c1-18-9-3-2-8-15-10-13(17)16-12-6-4-11(14)5-7-12/h4-7,15H,2-3,8-10H2,1H3,(H,16,17). The topological polar surface area (TPSA) is 41.1 Å². The zero-order valence-corrected chi connectivity index (χ0v) is 12.1. The molecular formula is C13H19ClN2OS. The van der Waals surface area contributed by atoms with E-state index >= 15 is 0 Å². The summed E-state index contributed by atoms with van der Waals surface area (Å²) in [4.78, 5) is 11.6. The average molecular weight is 287 g/mol. The van der Waals surface area contributed by atoms with Crippen molar-refractivity contribution in [1.29, 1.82) is 0 Å². The molecule has 1 aromatic rings. The van der Waals surface area contributed by atoms with Gasteiger partial charge in [-0.2, -0.15) is 11.8 Å². The average Bonchev–Trinajstić information content (AvgIpc) is 2.36. The molecule has 1 amide bonds. The summed E-state index contributed by atoms with van der Waals surface area (Å²) in [7, 11) is 0. The molecule has 5 heteroatoms. The summed E-state index contributed by atoms with van der Waals surface area (Å²) >= 11 is 7.62. The predicted molar refractivity (Wildman–Crippen MR) is 80.6 cm³/mol. The zero-order chi connectivity index (χ0) is 13.2. The number of rotatable bonds is 8. The Bertz CT molecular complexity index is 357. The Morgan fingerprint density at radius 3 is 2.67 bits per heavy atom. The van der Waals surface area contributed by atoms with E-state index in [1.165, 1.54) is 12.2 Å². The maximum atomic E-state index is 11.6. The number of hydrogen-bond acceptors (Lipinski definition) is 3. The van der Waals surface area contributed by atoms with Gasteiger partial charge < -0.3 is 10.6 Å². The molecule has 0 aromatic heterocycles. The van der Waals surface area contributed by atoms with Crippen molar-refractivity contribution in [1.82, 2.24) is 5.32 Å². The molecule has 0 bridgehead atoms. The van der Waals surface area contributed by atoms with E-state index < -0.39 is 0 Å². The molecule has 0 saturated carbocycles. The SMILES string of the molecule is CSCCCCNCC(=O)Nc1ccc(Cl)cc1. The van der Waals surface area contributed by atoms with Crippen LogP contribution in [-0.4, -0.2) is 31.0 Å². The van der Waals surface area contributed by atoms with Crippen molar-refractivity contribution in [3.63, 3.8) is 0 Å². The number of anilines is 1. The smallest absolute Gasteiger partial charge is 0.238 e. The normalized spacial score (nSPS) is 10.3. The lowest BCUT2D eigenvalue weighted by Gasteiger charge is -2.06. The maximum absolute atomic E-state index is 11.6. The number of halogens is 1. The third-order valence-electron chi connectivity index (χ3n) is 2.37. The van der Waals surface area contributed by atoms with Crippen molar-refractivity contribution in [3.8, 4) is 0 Å². The van der Waals surface area contributed by atoms with Crippen LogP contribution in [0.3, 0.4) is 0 Å². The molecule has 2 N–H and O–H groups in total. The molecule has 0 aliphatic carbocycles. The van der Waals surface area contributed by atoms with Crippen LogP contribution in [0, 0.1) is 0 Å². The van der Waals surface area contributed by atoms with Gasteiger partial charge in [-0.15, -0.1) is 0 Å². The van der Waals surface area contributed by atoms with Gasteiger partial charge in [-0.25, -0.2) is 0 Å². The maximum Gasteiger partial charge on any atom is 0.238 e. The lowest BCUT2D eigenvalue weighted by atomic mass is 10.3. The molecule has 0 aliphatic heterocycles. The van der Waals surface area contributed by atoms with Gasteiger partial charge in [-0.1, -0.05) is 11.6 Å². The number of benzene rings is 1. The lowest BCUT2D eigenvalue weighted by Crippen LogP contribution is -2.28. The van der Waals surface area contributed by atoms with Crippen molar-refractivity contribution in [3.05, 3.63) is 29.3 Å². The van der Waals surface area contributed by atoms with Gasteiger partial charge in [0.25, 0.3) is 0 Å². The molecule has 1 aromatic carbocycles. The Balaban J connectivity index is 2.12. The molecule has 0 unspecified atom stereocenters. The summed E-state index contributed by atoms with van der Waals surface area (Å²) in [6, 6.07) is 7.09. The van der Waals surface area contributed by atoms with E-state index in [-0.39, 0.29) is 5.91 Å². The number of hydrogen-bond donors (Lipinski definition) is 2. The summed E-state index contributed by atoms with van der Waals surface area (Å²) in [5.41, 5.74) is 0.772. The highest BCUT2D eigenvalue weighted by molar-refractivity contribution is 7.98. The molecule has 100 valence electrons. The highest BCUT2D eigenvalue weighted by Crippen LogP contribution is 2.12. The second-order valence-corrected chi connectivity index (χ2v) is 5.35. The highest BCUT2D eigenvalue weighted by atomic mass is 35.5. The molecule has 0 spiro atoms. The predicted octanol–water partition coefficient (Wildman–Crippen LogP) is 3.01. The van der Waals surface area contributed by atoms with Crippen molar-refractivity contribution in [2.24, 2.45) is 0 Å². The second kappa shape index (κ2) is 9.25. The molecule has 0 atom stereocenters. The largest absolute Gasteiger partial charge is 0.325 e. The molecule has 0 fully saturated rings. The summed E-state index contributed by atoms with van der Waals surface area (Å²) in [6.07, 6.45) is 4.40. The minimum Gasteiger partial charge on any atom is -0.325 e. The number of unbranched alkanes of at least 4 members (excludes halogenated alkanes) is 1. The van der Waals surface area contributed by atoms with Gasteiger partial charge in [0.1, 0.15) is 0 Å². The van der Waals surface area contributed by atoms with E-state index in [1.54, 1.807) is 24.3 Å². The first-order valence-corrected chi connectivity index (χ1v) is 7.74. The first-order valence-electron chi connectivity index (χ1n) is 5.97. The van der Waals surface area contributed by atoms with Crippen LogP contribution in [0.5, 0.6) is 0 Å². The molecular weight excluding hydrogens is 268 g/mol. The van der Waals surface area contributed by atoms with E-state index in [0.717, 1.165) is 18.7 Å². The Hall–Kier alpha value is -0.710. The first-order chi connectivity index (χ1) is 8.72. The Morgan fingerprint density at radius 1 is 1.28 bits per heavy atom. The van der Waals surface area contributed by atoms with Gasteiger partial charge in [0.05, 0.1) is 6.54 Å². The Morgan fingerprint density at radius 2 is 2.00 bits per heavy atom. The van der Waals surface area contributed by atoms with Crippen LogP contribution in [0.1, 0.15) is 12.8 Å². The minimum atomic E-state index is -0.0258. The monoisotopic (exact) mass is 286 g/mol. The van der Waals surface area contributed by atoms with Crippen molar-refractivity contribution < 1.29 is 4.79 Å². The number of carbonyl (C=O) groups is 1. The van der Waals surface area contributed by atoms with E-state index in [4.69, 9.17) is 11.6 Å². The van der Waals surface area contributed by atoms with Crippen molar-refractivity contribution >= 4 is 35.0 Å². The third kappa shape index (κ3) is 6.89. The molecule has 3 nitrogen and oxygen atoms in total. The molecule has 0 radical (unpaired) electrons. The van der Waals surface area contributed by atoms with Gasteiger partial charge in [-0.3, -0.25) is 4.79 Å². The van der Waals surface area contributed by atoms with Crippen LogP contribution in [0.25, 0.3) is 0 Å². The van der Waals surface area contributed by atoms with Crippen molar-refractivity contribution in [2.75, 3.05) is 30.4 Å². The summed E-state index contributed by atoms with van der Waals surface area (Å²) in [6.45, 7) is 1.23. The molecule has 0 saturated heterocycles. The van der Waals surface area contributed by atoms with Crippen LogP contribution in [-0.2, 0) is 4.79 Å². The van der Waals surface area contributed by atoms with Crippen LogP contribution < -0.4 is 10.6 Å². The fourth-order valence-corrected chi connectivity index (χ4v) is 2.06. The highest BCUT2D eigenvalue weighted by Gasteiger charge is 2.01. The number of carbonyl (C=O) groups excluding carboxylic acids is 1. The number of thioether (sulfide) groups is 1. The third-order valence-corrected chi connectivity index (χ3v) is 3.31. The second-order valence-electron chi connectivity index (χ2n) is 3.93. The molecule has 1 rings (SSSR count). The Kier molecular flexibility index (Phi) is 7.89. The van der Waals surface area contributed by atoms with E-state index in [9.17, 15) is 4.79 Å². The number of nitrogens with one attached hydrogen (secondary N) is 2. The molecule has 0 aliphatic rings. The van der Waals surface area contributed by atoms with Gasteiger partial charge >= 0.3 is 0 Å². The molecule has 18 heavy (non-hydrogen) atoms. The fourth-order valence-electron chi connectivity index (χ4n) is 1.44. The van der Waals surface area contributed by atoms with Crippen LogP contribution >= 0.6 is 23.4 Å². The van der Waals surface area contributed by atoms with Crippen LogP contribution in [0.4, 0.5) is 5.69 Å². The fraction of sp³-hybridized carbons (Fsp3) is 0.462. The molecule has 0 heterocycles. The van der Waals surface area contributed by atoms with E-state index in [0.29, 0.717) is 11.6 Å². The van der Waals surface area contributed by atoms with Crippen molar-refractivity contribution in [2.45, 2.75) is 12.8 Å². The number of amides is 1. The summed E-state index contributed by atoms with van der Waals surface area (Å²) in [5.74, 6) is 1.15. The van der Waals surface area contributed by atoms with Crippen LogP contribution in [0.15, 0.2) is 24.3 Å². The lowest BCUT2D eigenvalue weighted by molar-refractivity contribution is -0.115. The summed E-state index contributed by atoms with van der Waals surface area (Å²) < 4.78 is 0. The quantitative estimate of drug-likeness (QED) is 0.722. The summed E-state index contributed by atoms with van der Waals surface area (Å²) in [5, 5.41) is 6.60. The Labute approximate surface area is 118 Å². The first kappa shape index (κ1) is 15.3. The van der Waals surface area contributed by atoms with E-state index in [2.05, 4.69) is 16.9 Å². The van der Waals surface area contributed by atoms with Crippen LogP contribution in [0.2, 0.25) is 5.02 Å². The van der Waals surface area contributed by atoms with Gasteiger partial charge in [-0.05, 0) is 55.7 Å². The van der Waals surface area contributed by atoms with E-state index in [1.807, 2.05) is 11.8 Å². The van der Waals surface area contributed by atoms with Gasteiger partial charge in [0, 0.05) is 10.7 Å². The van der Waals surface area contributed by atoms with Gasteiger partial charge in [0.2, 0.25) is 5.91 Å².